The SMILES string of the molecule is Cc1cccc(S(=O)(=O)N(CCc2cccc([N+](=O)[O-])c2)C2CCNCC2)c1. The Morgan fingerprint density at radius 3 is 2.54 bits per heavy atom. The summed E-state index contributed by atoms with van der Waals surface area (Å²) in [6, 6.07) is 13.3. The van der Waals surface area contributed by atoms with Gasteiger partial charge in [0.05, 0.1) is 9.82 Å². The summed E-state index contributed by atoms with van der Waals surface area (Å²) in [7, 11) is -3.65. The summed E-state index contributed by atoms with van der Waals surface area (Å²) in [5, 5.41) is 14.3. The number of hydrogen-bond donors (Lipinski definition) is 1. The highest BCUT2D eigenvalue weighted by atomic mass is 32.2. The lowest BCUT2D eigenvalue weighted by Gasteiger charge is -2.34. The van der Waals surface area contributed by atoms with Gasteiger partial charge in [0, 0.05) is 24.7 Å². The first-order chi connectivity index (χ1) is 13.4. The molecule has 0 saturated carbocycles. The van der Waals surface area contributed by atoms with Crippen LogP contribution in [0.5, 0.6) is 0 Å². The smallest absolute Gasteiger partial charge is 0.269 e. The maximum atomic E-state index is 13.4. The number of piperidine rings is 1. The Morgan fingerprint density at radius 2 is 1.86 bits per heavy atom. The second-order valence-corrected chi connectivity index (χ2v) is 8.98. The van der Waals surface area contributed by atoms with E-state index in [1.54, 1.807) is 34.6 Å². The van der Waals surface area contributed by atoms with E-state index in [4.69, 9.17) is 0 Å². The molecule has 8 heteroatoms. The number of sulfonamides is 1. The number of non-ortho nitro benzene ring substituents is 1. The minimum atomic E-state index is -3.65. The van der Waals surface area contributed by atoms with Gasteiger partial charge in [0.15, 0.2) is 0 Å². The van der Waals surface area contributed by atoms with E-state index in [2.05, 4.69) is 5.32 Å². The molecule has 0 spiro atoms. The van der Waals surface area contributed by atoms with Crippen LogP contribution in [0, 0.1) is 17.0 Å². The molecule has 1 fully saturated rings. The molecule has 0 unspecified atom stereocenters. The fraction of sp³-hybridized carbons (Fsp3) is 0.400. The van der Waals surface area contributed by atoms with Crippen molar-refractivity contribution in [3.05, 3.63) is 69.8 Å². The monoisotopic (exact) mass is 403 g/mol. The molecular formula is C20H25N3O4S. The molecule has 1 heterocycles. The number of aryl methyl sites for hydroxylation is 1. The third-order valence-electron chi connectivity index (χ3n) is 5.05. The van der Waals surface area contributed by atoms with Crippen LogP contribution in [0.15, 0.2) is 53.4 Å². The molecule has 1 saturated heterocycles. The molecule has 2 aromatic rings. The fourth-order valence-electron chi connectivity index (χ4n) is 3.57. The summed E-state index contributed by atoms with van der Waals surface area (Å²) < 4.78 is 28.3. The second-order valence-electron chi connectivity index (χ2n) is 7.09. The Hall–Kier alpha value is -2.29. The third kappa shape index (κ3) is 4.76. The molecule has 150 valence electrons. The van der Waals surface area contributed by atoms with Gasteiger partial charge in [-0.1, -0.05) is 24.3 Å². The van der Waals surface area contributed by atoms with Gasteiger partial charge in [-0.05, 0) is 62.5 Å². The van der Waals surface area contributed by atoms with Crippen molar-refractivity contribution in [2.75, 3.05) is 19.6 Å². The lowest BCUT2D eigenvalue weighted by Crippen LogP contribution is -2.46. The van der Waals surface area contributed by atoms with Gasteiger partial charge in [-0.3, -0.25) is 10.1 Å². The van der Waals surface area contributed by atoms with Crippen LogP contribution in [0.25, 0.3) is 0 Å². The van der Waals surface area contributed by atoms with E-state index >= 15 is 0 Å². The van der Waals surface area contributed by atoms with E-state index in [1.165, 1.54) is 12.1 Å². The normalized spacial score (nSPS) is 15.6. The van der Waals surface area contributed by atoms with Crippen molar-refractivity contribution in [2.45, 2.75) is 37.1 Å². The van der Waals surface area contributed by atoms with Crippen LogP contribution in [-0.2, 0) is 16.4 Å². The predicted molar refractivity (Wildman–Crippen MR) is 108 cm³/mol. The first-order valence-corrected chi connectivity index (χ1v) is 10.8. The molecule has 0 bridgehead atoms. The van der Waals surface area contributed by atoms with Crippen LogP contribution in [0.1, 0.15) is 24.0 Å². The number of nitrogens with zero attached hydrogens (tertiary/aromatic N) is 2. The van der Waals surface area contributed by atoms with Crippen LogP contribution in [0.3, 0.4) is 0 Å². The summed E-state index contributed by atoms with van der Waals surface area (Å²) in [6.07, 6.45) is 1.93. The third-order valence-corrected chi connectivity index (χ3v) is 7.00. The van der Waals surface area contributed by atoms with E-state index in [1.807, 2.05) is 13.0 Å². The number of rotatable bonds is 7. The molecular weight excluding hydrogens is 378 g/mol. The maximum Gasteiger partial charge on any atom is 0.269 e. The molecule has 3 rings (SSSR count). The number of nitro groups is 1. The zero-order valence-corrected chi connectivity index (χ0v) is 16.7. The van der Waals surface area contributed by atoms with E-state index in [9.17, 15) is 18.5 Å². The first-order valence-electron chi connectivity index (χ1n) is 9.40. The Morgan fingerprint density at radius 1 is 1.14 bits per heavy atom. The highest BCUT2D eigenvalue weighted by Gasteiger charge is 2.32. The van der Waals surface area contributed by atoms with Crippen LogP contribution in [0.4, 0.5) is 5.69 Å². The van der Waals surface area contributed by atoms with Crippen molar-refractivity contribution >= 4 is 15.7 Å². The van der Waals surface area contributed by atoms with Gasteiger partial charge in [0.25, 0.3) is 5.69 Å². The summed E-state index contributed by atoms with van der Waals surface area (Å²) in [5.41, 5.74) is 1.67. The van der Waals surface area contributed by atoms with Crippen molar-refractivity contribution < 1.29 is 13.3 Å². The van der Waals surface area contributed by atoms with Gasteiger partial charge in [0.1, 0.15) is 0 Å². The molecule has 0 amide bonds. The molecule has 7 nitrogen and oxygen atoms in total. The van der Waals surface area contributed by atoms with Gasteiger partial charge in [-0.2, -0.15) is 4.31 Å². The lowest BCUT2D eigenvalue weighted by molar-refractivity contribution is -0.384. The quantitative estimate of drug-likeness (QED) is 0.567. The first kappa shape index (κ1) is 20.4. The second kappa shape index (κ2) is 8.81. The summed E-state index contributed by atoms with van der Waals surface area (Å²) in [5.74, 6) is 0. The minimum Gasteiger partial charge on any atom is -0.317 e. The molecule has 0 aliphatic carbocycles. The molecule has 28 heavy (non-hydrogen) atoms. The van der Waals surface area contributed by atoms with E-state index in [0.717, 1.165) is 37.1 Å². The summed E-state index contributed by atoms with van der Waals surface area (Å²) in [6.45, 7) is 3.72. The van der Waals surface area contributed by atoms with E-state index in [-0.39, 0.29) is 11.7 Å². The van der Waals surface area contributed by atoms with Gasteiger partial charge < -0.3 is 5.32 Å². The Balaban J connectivity index is 1.87. The Labute approximate surface area is 165 Å². The van der Waals surface area contributed by atoms with Crippen molar-refractivity contribution in [2.24, 2.45) is 0 Å². The molecule has 1 N–H and O–H groups in total. The summed E-state index contributed by atoms with van der Waals surface area (Å²) in [4.78, 5) is 10.9. The van der Waals surface area contributed by atoms with Crippen LogP contribution >= 0.6 is 0 Å². The molecule has 0 radical (unpaired) electrons. The van der Waals surface area contributed by atoms with Crippen molar-refractivity contribution in [1.82, 2.24) is 9.62 Å². The predicted octanol–water partition coefficient (Wildman–Crippen LogP) is 2.89. The molecule has 0 aromatic heterocycles. The molecule has 0 atom stereocenters. The average molecular weight is 404 g/mol. The van der Waals surface area contributed by atoms with E-state index < -0.39 is 14.9 Å². The van der Waals surface area contributed by atoms with Crippen molar-refractivity contribution in [3.8, 4) is 0 Å². The number of hydrogen-bond acceptors (Lipinski definition) is 5. The topological polar surface area (TPSA) is 92.5 Å². The summed E-state index contributed by atoms with van der Waals surface area (Å²) >= 11 is 0. The number of benzene rings is 2. The number of nitrogens with one attached hydrogen (secondary N) is 1. The maximum absolute atomic E-state index is 13.4. The molecule has 1 aliphatic rings. The van der Waals surface area contributed by atoms with Crippen LogP contribution in [0.2, 0.25) is 0 Å². The lowest BCUT2D eigenvalue weighted by atomic mass is 10.1. The van der Waals surface area contributed by atoms with Gasteiger partial charge in [-0.15, -0.1) is 0 Å². The Kier molecular flexibility index (Phi) is 6.43. The van der Waals surface area contributed by atoms with Crippen molar-refractivity contribution in [3.63, 3.8) is 0 Å². The van der Waals surface area contributed by atoms with E-state index in [0.29, 0.717) is 17.9 Å². The minimum absolute atomic E-state index is 0.0208. The zero-order valence-electron chi connectivity index (χ0n) is 15.9. The van der Waals surface area contributed by atoms with Crippen molar-refractivity contribution in [1.29, 1.82) is 0 Å². The Bertz CT molecular complexity index is 940. The largest absolute Gasteiger partial charge is 0.317 e. The van der Waals surface area contributed by atoms with Crippen LogP contribution < -0.4 is 5.32 Å². The van der Waals surface area contributed by atoms with Gasteiger partial charge in [-0.25, -0.2) is 8.42 Å². The molecule has 1 aliphatic heterocycles. The highest BCUT2D eigenvalue weighted by Crippen LogP contribution is 2.24. The zero-order chi connectivity index (χ0) is 20.1. The number of nitro benzene ring substituents is 1. The van der Waals surface area contributed by atoms with Gasteiger partial charge in [0.2, 0.25) is 10.0 Å². The average Bonchev–Trinajstić information content (AvgIpc) is 2.69. The highest BCUT2D eigenvalue weighted by molar-refractivity contribution is 7.89. The standard InChI is InChI=1S/C20H25N3O4S/c1-16-4-2-7-20(14-16)28(26,27)22(18-8-11-21-12-9-18)13-10-17-5-3-6-19(15-17)23(24)25/h2-7,14-15,18,21H,8-13H2,1H3. The molecule has 2 aromatic carbocycles. The van der Waals surface area contributed by atoms with Crippen LogP contribution in [-0.4, -0.2) is 43.3 Å². The fourth-order valence-corrected chi connectivity index (χ4v) is 5.36. The van der Waals surface area contributed by atoms with Gasteiger partial charge >= 0.3 is 0 Å².